The minimum Gasteiger partial charge on any atom is -0.269 e. The predicted octanol–water partition coefficient (Wildman–Crippen LogP) is 3.79. The van der Waals surface area contributed by atoms with Gasteiger partial charge in [-0.2, -0.15) is 5.26 Å². The Kier molecular flexibility index (Phi) is 3.08. The smallest absolute Gasteiger partial charge is 0.216 e. The lowest BCUT2D eigenvalue weighted by molar-refractivity contribution is 1.12. The zero-order valence-electron chi connectivity index (χ0n) is 10.2. The molecule has 86 valence electrons. The van der Waals surface area contributed by atoms with E-state index in [0.717, 1.165) is 5.56 Å². The van der Waals surface area contributed by atoms with Crippen molar-refractivity contribution in [2.75, 3.05) is 0 Å². The number of nitrogens with zero attached hydrogens (tertiary/aromatic N) is 3. The third kappa shape index (κ3) is 1.83. The van der Waals surface area contributed by atoms with E-state index in [1.54, 1.807) is 13.8 Å². The van der Waals surface area contributed by atoms with Crippen LogP contribution in [0.3, 0.4) is 0 Å². The van der Waals surface area contributed by atoms with Crippen molar-refractivity contribution in [3.05, 3.63) is 58.7 Å². The quantitative estimate of drug-likeness (QED) is 0.703. The first-order valence-electron chi connectivity index (χ1n) is 5.53. The van der Waals surface area contributed by atoms with E-state index >= 15 is 0 Å². The fourth-order valence-electron chi connectivity index (χ4n) is 2.00. The first-order chi connectivity index (χ1) is 8.69. The minimum absolute atomic E-state index is 0.461. The van der Waals surface area contributed by atoms with Gasteiger partial charge in [-0.05, 0) is 19.4 Å². The van der Waals surface area contributed by atoms with E-state index < -0.39 is 0 Å². The number of rotatable bonds is 1. The van der Waals surface area contributed by atoms with Crippen molar-refractivity contribution in [1.82, 2.24) is 4.98 Å². The van der Waals surface area contributed by atoms with Crippen LogP contribution in [0.25, 0.3) is 16.0 Å². The molecule has 0 fully saturated rings. The molecule has 0 amide bonds. The topological polar surface area (TPSA) is 41.0 Å². The van der Waals surface area contributed by atoms with Crippen molar-refractivity contribution in [2.24, 2.45) is 0 Å². The number of hydrogen-bond donors (Lipinski definition) is 0. The summed E-state index contributed by atoms with van der Waals surface area (Å²) in [5.74, 6) is 0. The van der Waals surface area contributed by atoms with E-state index in [-0.39, 0.29) is 0 Å². The molecule has 0 bridgehead atoms. The highest BCUT2D eigenvalue weighted by atomic mass is 14.8. The Morgan fingerprint density at radius 1 is 1.17 bits per heavy atom. The van der Waals surface area contributed by atoms with Gasteiger partial charge in [0, 0.05) is 11.3 Å². The monoisotopic (exact) mass is 233 g/mol. The van der Waals surface area contributed by atoms with Crippen molar-refractivity contribution in [1.29, 1.82) is 5.26 Å². The van der Waals surface area contributed by atoms with E-state index in [9.17, 15) is 5.26 Å². The molecule has 0 aliphatic heterocycles. The van der Waals surface area contributed by atoms with Gasteiger partial charge in [-0.15, -0.1) is 0 Å². The Labute approximate surface area is 106 Å². The lowest BCUT2D eigenvalue weighted by atomic mass is 9.97. The number of pyridine rings is 1. The Morgan fingerprint density at radius 2 is 1.83 bits per heavy atom. The lowest BCUT2D eigenvalue weighted by Crippen LogP contribution is -1.96. The molecule has 1 aromatic carbocycles. The largest absolute Gasteiger partial charge is 0.269 e. The van der Waals surface area contributed by atoms with Crippen LogP contribution >= 0.6 is 0 Å². The molecule has 0 unspecified atom stereocenters. The molecule has 0 atom stereocenters. The van der Waals surface area contributed by atoms with Gasteiger partial charge < -0.3 is 0 Å². The summed E-state index contributed by atoms with van der Waals surface area (Å²) in [4.78, 5) is 7.80. The summed E-state index contributed by atoms with van der Waals surface area (Å²) in [7, 11) is 0. The number of nitriles is 1. The second-order valence-corrected chi connectivity index (χ2v) is 3.97. The maximum Gasteiger partial charge on any atom is 0.216 e. The van der Waals surface area contributed by atoms with Gasteiger partial charge in [0.15, 0.2) is 0 Å². The molecule has 0 saturated heterocycles. The van der Waals surface area contributed by atoms with Crippen molar-refractivity contribution in [3.8, 4) is 17.2 Å². The predicted molar refractivity (Wildman–Crippen MR) is 70.1 cm³/mol. The molecule has 0 aliphatic carbocycles. The van der Waals surface area contributed by atoms with Crippen LogP contribution in [0, 0.1) is 31.8 Å². The maximum absolute atomic E-state index is 9.28. The second-order valence-electron chi connectivity index (χ2n) is 3.97. The zero-order valence-corrected chi connectivity index (χ0v) is 10.2. The maximum atomic E-state index is 9.28. The molecule has 0 radical (unpaired) electrons. The third-order valence-corrected chi connectivity index (χ3v) is 2.81. The van der Waals surface area contributed by atoms with Gasteiger partial charge in [0.2, 0.25) is 5.69 Å². The zero-order chi connectivity index (χ0) is 13.1. The van der Waals surface area contributed by atoms with Gasteiger partial charge in [-0.25, -0.2) is 4.85 Å². The average molecular weight is 233 g/mol. The van der Waals surface area contributed by atoms with Crippen LogP contribution in [-0.2, 0) is 0 Å². The highest BCUT2D eigenvalue weighted by Crippen LogP contribution is 2.36. The van der Waals surface area contributed by atoms with E-state index in [2.05, 4.69) is 15.9 Å². The lowest BCUT2D eigenvalue weighted by Gasteiger charge is -2.11. The second kappa shape index (κ2) is 4.69. The third-order valence-electron chi connectivity index (χ3n) is 2.81. The number of hydrogen-bond acceptors (Lipinski definition) is 2. The van der Waals surface area contributed by atoms with Gasteiger partial charge in [0.05, 0.1) is 17.8 Å². The molecule has 0 aliphatic rings. The molecule has 1 aromatic heterocycles. The first-order valence-corrected chi connectivity index (χ1v) is 5.53. The molecule has 0 saturated carbocycles. The summed E-state index contributed by atoms with van der Waals surface area (Å²) in [6.45, 7) is 10.9. The molecule has 0 spiro atoms. The molecule has 18 heavy (non-hydrogen) atoms. The molecule has 0 N–H and O–H groups in total. The summed E-state index contributed by atoms with van der Waals surface area (Å²) >= 11 is 0. The van der Waals surface area contributed by atoms with Crippen LogP contribution in [0.5, 0.6) is 0 Å². The van der Waals surface area contributed by atoms with Gasteiger partial charge in [-0.3, -0.25) is 4.98 Å². The Morgan fingerprint density at radius 3 is 2.39 bits per heavy atom. The van der Waals surface area contributed by atoms with Crippen molar-refractivity contribution >= 4 is 5.69 Å². The van der Waals surface area contributed by atoms with Crippen LogP contribution in [0.1, 0.15) is 17.0 Å². The summed E-state index contributed by atoms with van der Waals surface area (Å²) < 4.78 is 0. The highest BCUT2D eigenvalue weighted by molar-refractivity contribution is 5.85. The molecule has 2 aromatic rings. The molecular weight excluding hydrogens is 222 g/mol. The summed E-state index contributed by atoms with van der Waals surface area (Å²) in [6.07, 6.45) is 0. The summed E-state index contributed by atoms with van der Waals surface area (Å²) in [5, 5.41) is 9.28. The number of benzene rings is 1. The molecule has 2 rings (SSSR count). The van der Waals surface area contributed by atoms with Crippen LogP contribution in [0.15, 0.2) is 30.3 Å². The highest BCUT2D eigenvalue weighted by Gasteiger charge is 2.16. The fraction of sp³-hybridized carbons (Fsp3) is 0.133. The van der Waals surface area contributed by atoms with Gasteiger partial charge >= 0.3 is 0 Å². The van der Waals surface area contributed by atoms with Crippen LogP contribution < -0.4 is 0 Å². The van der Waals surface area contributed by atoms with Gasteiger partial charge in [0.1, 0.15) is 6.07 Å². The molecular formula is C15H11N3. The van der Waals surface area contributed by atoms with E-state index in [1.165, 1.54) is 0 Å². The van der Waals surface area contributed by atoms with E-state index in [1.807, 2.05) is 30.3 Å². The SMILES string of the molecule is [C-]#[N+]c1c(C)nc(C)c(C#N)c1-c1ccccc1. The van der Waals surface area contributed by atoms with Crippen LogP contribution in [0.2, 0.25) is 0 Å². The normalized spacial score (nSPS) is 9.56. The average Bonchev–Trinajstić information content (AvgIpc) is 2.39. The van der Waals surface area contributed by atoms with Crippen molar-refractivity contribution < 1.29 is 0 Å². The summed E-state index contributed by atoms with van der Waals surface area (Å²) in [5.41, 5.74) is 3.86. The van der Waals surface area contributed by atoms with Crippen LogP contribution in [-0.4, -0.2) is 4.98 Å². The Hall–Kier alpha value is -2.65. The molecule has 3 nitrogen and oxygen atoms in total. The van der Waals surface area contributed by atoms with E-state index in [4.69, 9.17) is 6.57 Å². The summed E-state index contributed by atoms with van der Waals surface area (Å²) in [6, 6.07) is 11.7. The van der Waals surface area contributed by atoms with Gasteiger partial charge in [0.25, 0.3) is 0 Å². The minimum atomic E-state index is 0.461. The number of aryl methyl sites for hydroxylation is 2. The fourth-order valence-corrected chi connectivity index (χ4v) is 2.00. The van der Waals surface area contributed by atoms with Crippen molar-refractivity contribution in [3.63, 3.8) is 0 Å². The standard InChI is InChI=1S/C15H11N3/c1-10-13(9-16)14(12-7-5-4-6-8-12)15(17-3)11(2)18-10/h4-8H,1-2H3. The Balaban J connectivity index is 2.89. The van der Waals surface area contributed by atoms with E-state index in [0.29, 0.717) is 28.2 Å². The van der Waals surface area contributed by atoms with Gasteiger partial charge in [-0.1, -0.05) is 30.3 Å². The van der Waals surface area contributed by atoms with Crippen molar-refractivity contribution in [2.45, 2.75) is 13.8 Å². The Bertz CT molecular complexity index is 635. The first kappa shape index (κ1) is 11.8. The molecule has 1 heterocycles. The van der Waals surface area contributed by atoms with Crippen LogP contribution in [0.4, 0.5) is 5.69 Å². The molecule has 3 heteroatoms. The number of aromatic nitrogens is 1.